The fraction of sp³-hybridized carbons (Fsp3) is 0.500. The molecule has 4 heteroatoms. The molecule has 0 unspecified atom stereocenters. The summed E-state index contributed by atoms with van der Waals surface area (Å²) < 4.78 is 0. The van der Waals surface area contributed by atoms with E-state index in [9.17, 15) is 9.90 Å². The minimum Gasteiger partial charge on any atom is -0.481 e. The van der Waals surface area contributed by atoms with E-state index in [1.165, 1.54) is 5.56 Å². The van der Waals surface area contributed by atoms with Crippen LogP contribution in [0.5, 0.6) is 0 Å². The molecule has 1 aromatic heterocycles. The lowest BCUT2D eigenvalue weighted by Crippen LogP contribution is -2.32. The summed E-state index contributed by atoms with van der Waals surface area (Å²) in [6, 6.07) is 6.15. The number of nitrogens with one attached hydrogen (secondary N) is 1. The summed E-state index contributed by atoms with van der Waals surface area (Å²) in [6.07, 6.45) is 2.64. The Morgan fingerprint density at radius 3 is 2.55 bits per heavy atom. The van der Waals surface area contributed by atoms with Gasteiger partial charge in [0, 0.05) is 6.42 Å². The Bertz CT molecular complexity index is 612. The fourth-order valence-corrected chi connectivity index (χ4v) is 2.61. The Hall–Kier alpha value is -1.84. The largest absolute Gasteiger partial charge is 0.481 e. The van der Waals surface area contributed by atoms with E-state index in [1.807, 2.05) is 19.9 Å². The Labute approximate surface area is 119 Å². The fourth-order valence-electron chi connectivity index (χ4n) is 2.61. The molecule has 0 bridgehead atoms. The molecular formula is C16H22N2O2. The second kappa shape index (κ2) is 5.65. The maximum atomic E-state index is 11.6. The molecule has 0 fully saturated rings. The number of aromatic amines is 1. The maximum absolute atomic E-state index is 11.6. The zero-order valence-electron chi connectivity index (χ0n) is 12.4. The average molecular weight is 274 g/mol. The molecule has 0 saturated heterocycles. The molecule has 2 aromatic rings. The van der Waals surface area contributed by atoms with Gasteiger partial charge in [-0.1, -0.05) is 26.8 Å². The van der Waals surface area contributed by atoms with Crippen molar-refractivity contribution in [2.45, 2.75) is 46.5 Å². The quantitative estimate of drug-likeness (QED) is 0.846. The molecule has 0 saturated carbocycles. The predicted octanol–water partition coefficient (Wildman–Crippen LogP) is 3.56. The van der Waals surface area contributed by atoms with Gasteiger partial charge in [-0.25, -0.2) is 4.98 Å². The van der Waals surface area contributed by atoms with Gasteiger partial charge in [-0.15, -0.1) is 0 Å². The van der Waals surface area contributed by atoms with E-state index in [-0.39, 0.29) is 0 Å². The first-order valence-electron chi connectivity index (χ1n) is 7.25. The van der Waals surface area contributed by atoms with Crippen molar-refractivity contribution >= 4 is 17.0 Å². The average Bonchev–Trinajstić information content (AvgIpc) is 2.85. The van der Waals surface area contributed by atoms with Crippen molar-refractivity contribution in [2.24, 2.45) is 5.41 Å². The van der Waals surface area contributed by atoms with Crippen molar-refractivity contribution in [3.8, 4) is 0 Å². The Kier molecular flexibility index (Phi) is 4.12. The van der Waals surface area contributed by atoms with Crippen molar-refractivity contribution in [3.63, 3.8) is 0 Å². The van der Waals surface area contributed by atoms with Crippen molar-refractivity contribution < 1.29 is 9.90 Å². The van der Waals surface area contributed by atoms with Gasteiger partial charge in [0.05, 0.1) is 16.4 Å². The van der Waals surface area contributed by atoms with E-state index < -0.39 is 11.4 Å². The van der Waals surface area contributed by atoms with Gasteiger partial charge in [0.15, 0.2) is 0 Å². The Morgan fingerprint density at radius 2 is 2.00 bits per heavy atom. The van der Waals surface area contributed by atoms with Crippen molar-refractivity contribution in [1.29, 1.82) is 0 Å². The molecular weight excluding hydrogens is 252 g/mol. The number of benzene rings is 1. The third kappa shape index (κ3) is 2.55. The van der Waals surface area contributed by atoms with Crippen LogP contribution in [0.4, 0.5) is 0 Å². The number of fused-ring (bicyclic) bond motifs is 1. The first-order valence-corrected chi connectivity index (χ1v) is 7.25. The molecule has 2 N–H and O–H groups in total. The summed E-state index contributed by atoms with van der Waals surface area (Å²) in [5.41, 5.74) is 2.43. The van der Waals surface area contributed by atoms with Crippen LogP contribution in [0, 0.1) is 5.41 Å². The molecule has 0 spiro atoms. The topological polar surface area (TPSA) is 66.0 Å². The first-order chi connectivity index (χ1) is 9.54. The first kappa shape index (κ1) is 14.6. The highest BCUT2D eigenvalue weighted by Crippen LogP contribution is 2.31. The van der Waals surface area contributed by atoms with E-state index in [4.69, 9.17) is 0 Å². The van der Waals surface area contributed by atoms with E-state index in [0.717, 1.165) is 23.3 Å². The third-order valence-electron chi connectivity index (χ3n) is 4.32. The number of hydrogen-bond donors (Lipinski definition) is 2. The van der Waals surface area contributed by atoms with Crippen molar-refractivity contribution in [2.75, 3.05) is 0 Å². The highest BCUT2D eigenvalue weighted by molar-refractivity contribution is 5.77. The lowest BCUT2D eigenvalue weighted by Gasteiger charge is -2.25. The second-order valence-corrected chi connectivity index (χ2v) is 5.36. The van der Waals surface area contributed by atoms with E-state index in [0.29, 0.717) is 19.3 Å². The molecule has 1 aromatic carbocycles. The number of aliphatic carboxylic acids is 1. The molecule has 0 aliphatic heterocycles. The van der Waals surface area contributed by atoms with E-state index in [1.54, 1.807) is 0 Å². The highest BCUT2D eigenvalue weighted by atomic mass is 16.4. The highest BCUT2D eigenvalue weighted by Gasteiger charge is 2.35. The zero-order chi connectivity index (χ0) is 14.8. The molecule has 20 heavy (non-hydrogen) atoms. The molecule has 4 nitrogen and oxygen atoms in total. The number of hydrogen-bond acceptors (Lipinski definition) is 2. The molecule has 1 heterocycles. The zero-order valence-corrected chi connectivity index (χ0v) is 12.4. The SMILES string of the molecule is CCc1ccc2nc(CC(CC)(CC)C(=O)O)[nH]c2c1. The van der Waals surface area contributed by atoms with Crippen molar-refractivity contribution in [3.05, 3.63) is 29.6 Å². The van der Waals surface area contributed by atoms with Gasteiger partial charge in [-0.3, -0.25) is 4.79 Å². The summed E-state index contributed by atoms with van der Waals surface area (Å²) in [4.78, 5) is 19.4. The number of nitrogens with zero attached hydrogens (tertiary/aromatic N) is 1. The molecule has 0 atom stereocenters. The van der Waals surface area contributed by atoms with Gasteiger partial charge in [0.1, 0.15) is 5.82 Å². The van der Waals surface area contributed by atoms with E-state index in [2.05, 4.69) is 29.0 Å². The Morgan fingerprint density at radius 1 is 1.30 bits per heavy atom. The van der Waals surface area contributed by atoms with Crippen LogP contribution in [0.25, 0.3) is 11.0 Å². The third-order valence-corrected chi connectivity index (χ3v) is 4.32. The normalized spacial score (nSPS) is 11.9. The van der Waals surface area contributed by atoms with Crippen LogP contribution in [0.1, 0.15) is 45.0 Å². The predicted molar refractivity (Wildman–Crippen MR) is 79.8 cm³/mol. The van der Waals surface area contributed by atoms with Gasteiger partial charge >= 0.3 is 5.97 Å². The number of rotatable bonds is 6. The maximum Gasteiger partial charge on any atom is 0.310 e. The molecule has 2 rings (SSSR count). The van der Waals surface area contributed by atoms with Gasteiger partial charge in [0.25, 0.3) is 0 Å². The summed E-state index contributed by atoms with van der Waals surface area (Å²) >= 11 is 0. The van der Waals surface area contributed by atoms with Crippen LogP contribution in [-0.2, 0) is 17.6 Å². The van der Waals surface area contributed by atoms with Crippen LogP contribution in [0.15, 0.2) is 18.2 Å². The number of carbonyl (C=O) groups is 1. The standard InChI is InChI=1S/C16H22N2O2/c1-4-11-7-8-12-13(9-11)18-14(17-12)10-16(5-2,6-3)15(19)20/h7-9H,4-6,10H2,1-3H3,(H,17,18)(H,19,20). The summed E-state index contributed by atoms with van der Waals surface area (Å²) in [6.45, 7) is 5.97. The summed E-state index contributed by atoms with van der Waals surface area (Å²) in [7, 11) is 0. The van der Waals surface area contributed by atoms with Crippen LogP contribution in [-0.4, -0.2) is 21.0 Å². The van der Waals surface area contributed by atoms with Crippen molar-refractivity contribution in [1.82, 2.24) is 9.97 Å². The molecule has 108 valence electrons. The van der Waals surface area contributed by atoms with Gasteiger partial charge in [-0.2, -0.15) is 0 Å². The smallest absolute Gasteiger partial charge is 0.310 e. The number of imidazole rings is 1. The molecule has 0 aliphatic rings. The van der Waals surface area contributed by atoms with Crippen LogP contribution >= 0.6 is 0 Å². The number of aryl methyl sites for hydroxylation is 1. The monoisotopic (exact) mass is 274 g/mol. The molecule has 0 aliphatic carbocycles. The van der Waals surface area contributed by atoms with Crippen LogP contribution in [0.2, 0.25) is 0 Å². The van der Waals surface area contributed by atoms with Gasteiger partial charge in [-0.05, 0) is 37.0 Å². The van der Waals surface area contributed by atoms with E-state index >= 15 is 0 Å². The number of carboxylic acid groups (broad SMARTS) is 1. The Balaban J connectivity index is 2.35. The van der Waals surface area contributed by atoms with Gasteiger partial charge in [0.2, 0.25) is 0 Å². The number of H-pyrrole nitrogens is 1. The minimum absolute atomic E-state index is 0.450. The lowest BCUT2D eigenvalue weighted by atomic mass is 9.79. The minimum atomic E-state index is -0.739. The summed E-state index contributed by atoms with van der Waals surface area (Å²) in [5.74, 6) is 0.0246. The van der Waals surface area contributed by atoms with Crippen LogP contribution in [0.3, 0.4) is 0 Å². The number of aromatic nitrogens is 2. The summed E-state index contributed by atoms with van der Waals surface area (Å²) in [5, 5.41) is 9.50. The second-order valence-electron chi connectivity index (χ2n) is 5.36. The lowest BCUT2D eigenvalue weighted by molar-refractivity contribution is -0.149. The molecule has 0 amide bonds. The molecule has 0 radical (unpaired) electrons. The van der Waals surface area contributed by atoms with Crippen LogP contribution < -0.4 is 0 Å². The number of carboxylic acids is 1. The van der Waals surface area contributed by atoms with Gasteiger partial charge < -0.3 is 10.1 Å².